The number of nitrogens with one attached hydrogen (secondary N) is 3. The van der Waals surface area contributed by atoms with Gasteiger partial charge in [-0.05, 0) is 42.8 Å². The highest BCUT2D eigenvalue weighted by molar-refractivity contribution is 7.88. The van der Waals surface area contributed by atoms with Gasteiger partial charge in [0.2, 0.25) is 21.9 Å². The third kappa shape index (κ3) is 7.50. The number of anilines is 4. The standard InChI is InChI=1S/C21H22N6O6S/c1-34(32,33)22-10-4-9-17-25-20(23-15-7-2-5-13(11-15)18(28)29)27-21(26-17)24-16-8-3-6-14(12-16)19(30)31/h2-3,5-8,11-12,22H,4,9-10H2,1H3,(H,28,29)(H,30,31)(H2,23,24,25,26,27). The molecule has 0 amide bonds. The van der Waals surface area contributed by atoms with Gasteiger partial charge in [0.05, 0.1) is 17.4 Å². The smallest absolute Gasteiger partial charge is 0.335 e. The molecule has 0 bridgehead atoms. The van der Waals surface area contributed by atoms with Gasteiger partial charge in [-0.25, -0.2) is 22.7 Å². The van der Waals surface area contributed by atoms with Gasteiger partial charge in [0.15, 0.2) is 0 Å². The number of carbonyl (C=O) groups is 2. The van der Waals surface area contributed by atoms with Crippen LogP contribution in [-0.4, -0.2) is 58.3 Å². The van der Waals surface area contributed by atoms with E-state index in [2.05, 4.69) is 30.3 Å². The van der Waals surface area contributed by atoms with E-state index in [0.29, 0.717) is 30.0 Å². The van der Waals surface area contributed by atoms with Gasteiger partial charge in [0.1, 0.15) is 5.82 Å². The van der Waals surface area contributed by atoms with Gasteiger partial charge >= 0.3 is 11.9 Å². The number of aromatic nitrogens is 3. The minimum atomic E-state index is -3.32. The lowest BCUT2D eigenvalue weighted by atomic mass is 10.2. The van der Waals surface area contributed by atoms with E-state index >= 15 is 0 Å². The molecule has 2 aromatic carbocycles. The van der Waals surface area contributed by atoms with Crippen LogP contribution in [0.2, 0.25) is 0 Å². The van der Waals surface area contributed by atoms with Crippen molar-refractivity contribution in [3.63, 3.8) is 0 Å². The van der Waals surface area contributed by atoms with Gasteiger partial charge in [-0.1, -0.05) is 12.1 Å². The van der Waals surface area contributed by atoms with Crippen LogP contribution in [0.1, 0.15) is 33.0 Å². The summed E-state index contributed by atoms with van der Waals surface area (Å²) >= 11 is 0. The van der Waals surface area contributed by atoms with Crippen LogP contribution in [0.5, 0.6) is 0 Å². The highest BCUT2D eigenvalue weighted by atomic mass is 32.2. The Kier molecular flexibility index (Phi) is 7.71. The zero-order chi connectivity index (χ0) is 24.7. The molecule has 3 rings (SSSR count). The third-order valence-electron chi connectivity index (χ3n) is 4.35. The summed E-state index contributed by atoms with van der Waals surface area (Å²) in [5, 5.41) is 24.3. The molecule has 1 aromatic heterocycles. The van der Waals surface area contributed by atoms with E-state index in [9.17, 15) is 28.2 Å². The van der Waals surface area contributed by atoms with E-state index in [4.69, 9.17) is 0 Å². The van der Waals surface area contributed by atoms with Crippen molar-refractivity contribution in [1.29, 1.82) is 0 Å². The molecule has 13 heteroatoms. The molecule has 0 spiro atoms. The van der Waals surface area contributed by atoms with Crippen LogP contribution in [-0.2, 0) is 16.4 Å². The second-order valence-corrected chi connectivity index (χ2v) is 9.02. The molecular formula is C21H22N6O6S. The fourth-order valence-electron chi connectivity index (χ4n) is 2.87. The molecule has 178 valence electrons. The summed E-state index contributed by atoms with van der Waals surface area (Å²) in [5.41, 5.74) is 1.04. The molecule has 0 atom stereocenters. The molecular weight excluding hydrogens is 464 g/mol. The van der Waals surface area contributed by atoms with Gasteiger partial charge in [-0.2, -0.15) is 15.0 Å². The van der Waals surface area contributed by atoms with Gasteiger partial charge in [-0.3, -0.25) is 0 Å². The summed E-state index contributed by atoms with van der Waals surface area (Å²) in [6.45, 7) is 0.192. The number of hydrogen-bond acceptors (Lipinski definition) is 9. The Labute approximate surface area is 195 Å². The van der Waals surface area contributed by atoms with Crippen LogP contribution in [0, 0.1) is 0 Å². The first-order valence-electron chi connectivity index (χ1n) is 9.99. The zero-order valence-corrected chi connectivity index (χ0v) is 18.8. The summed E-state index contributed by atoms with van der Waals surface area (Å²) in [6, 6.07) is 12.2. The fourth-order valence-corrected chi connectivity index (χ4v) is 3.38. The molecule has 5 N–H and O–H groups in total. The second-order valence-electron chi connectivity index (χ2n) is 7.19. The number of aromatic carboxylic acids is 2. The van der Waals surface area contributed by atoms with Crippen LogP contribution >= 0.6 is 0 Å². The number of hydrogen-bond donors (Lipinski definition) is 5. The maximum absolute atomic E-state index is 11.3. The number of sulfonamides is 1. The summed E-state index contributed by atoms with van der Waals surface area (Å²) in [6.07, 6.45) is 1.80. The van der Waals surface area contributed by atoms with Gasteiger partial charge in [0.25, 0.3) is 0 Å². The minimum Gasteiger partial charge on any atom is -0.478 e. The van der Waals surface area contributed by atoms with E-state index in [1.54, 1.807) is 24.3 Å². The summed E-state index contributed by atoms with van der Waals surface area (Å²) < 4.78 is 24.9. The summed E-state index contributed by atoms with van der Waals surface area (Å²) in [5.74, 6) is -1.57. The third-order valence-corrected chi connectivity index (χ3v) is 5.08. The number of carboxylic acid groups (broad SMARTS) is 2. The highest BCUT2D eigenvalue weighted by Gasteiger charge is 2.11. The van der Waals surface area contributed by atoms with Crippen molar-refractivity contribution in [2.75, 3.05) is 23.4 Å². The lowest BCUT2D eigenvalue weighted by molar-refractivity contribution is 0.0686. The molecule has 3 aromatic rings. The van der Waals surface area contributed by atoms with Crippen LogP contribution < -0.4 is 15.4 Å². The first-order chi connectivity index (χ1) is 16.1. The number of carboxylic acids is 2. The molecule has 0 aliphatic rings. The van der Waals surface area contributed by atoms with Crippen LogP contribution in [0.4, 0.5) is 23.3 Å². The van der Waals surface area contributed by atoms with Crippen molar-refractivity contribution >= 4 is 45.2 Å². The lowest BCUT2D eigenvalue weighted by Gasteiger charge is -2.11. The SMILES string of the molecule is CS(=O)(=O)NCCCc1nc(Nc2cccc(C(=O)O)c2)nc(Nc2cccc(C(=O)O)c2)n1. The Bertz CT molecular complexity index is 1240. The summed E-state index contributed by atoms with van der Waals surface area (Å²) in [7, 11) is -3.32. The van der Waals surface area contributed by atoms with Crippen molar-refractivity contribution in [2.45, 2.75) is 12.8 Å². The maximum atomic E-state index is 11.3. The van der Waals surface area contributed by atoms with E-state index in [1.807, 2.05) is 0 Å². The summed E-state index contributed by atoms with van der Waals surface area (Å²) in [4.78, 5) is 35.4. The van der Waals surface area contributed by atoms with E-state index < -0.39 is 22.0 Å². The van der Waals surface area contributed by atoms with Crippen molar-refractivity contribution in [1.82, 2.24) is 19.7 Å². The van der Waals surface area contributed by atoms with Crippen LogP contribution in [0.25, 0.3) is 0 Å². The number of aryl methyl sites for hydroxylation is 1. The average molecular weight is 487 g/mol. The minimum absolute atomic E-state index is 0.0787. The molecule has 0 saturated heterocycles. The van der Waals surface area contributed by atoms with Crippen LogP contribution in [0.3, 0.4) is 0 Å². The lowest BCUT2D eigenvalue weighted by Crippen LogP contribution is -2.23. The Morgan fingerprint density at radius 2 is 1.35 bits per heavy atom. The molecule has 0 aliphatic heterocycles. The average Bonchev–Trinajstić information content (AvgIpc) is 2.76. The largest absolute Gasteiger partial charge is 0.478 e. The predicted molar refractivity (Wildman–Crippen MR) is 124 cm³/mol. The molecule has 0 aliphatic carbocycles. The number of nitrogens with zero attached hydrogens (tertiary/aromatic N) is 3. The molecule has 0 radical (unpaired) electrons. The molecule has 34 heavy (non-hydrogen) atoms. The molecule has 0 unspecified atom stereocenters. The second kappa shape index (κ2) is 10.7. The van der Waals surface area contributed by atoms with E-state index in [1.165, 1.54) is 24.3 Å². The van der Waals surface area contributed by atoms with Crippen molar-refractivity contribution < 1.29 is 28.2 Å². The van der Waals surface area contributed by atoms with E-state index in [0.717, 1.165) is 6.26 Å². The first kappa shape index (κ1) is 24.5. The van der Waals surface area contributed by atoms with Crippen LogP contribution in [0.15, 0.2) is 48.5 Å². The monoisotopic (exact) mass is 486 g/mol. The van der Waals surface area contributed by atoms with E-state index in [-0.39, 0.29) is 29.6 Å². The Balaban J connectivity index is 1.86. The maximum Gasteiger partial charge on any atom is 0.335 e. The molecule has 0 saturated carbocycles. The normalized spacial score (nSPS) is 11.1. The van der Waals surface area contributed by atoms with Gasteiger partial charge < -0.3 is 20.8 Å². The molecule has 0 fully saturated rings. The first-order valence-corrected chi connectivity index (χ1v) is 11.9. The Morgan fingerprint density at radius 3 is 1.79 bits per heavy atom. The number of benzene rings is 2. The zero-order valence-electron chi connectivity index (χ0n) is 18.0. The van der Waals surface area contributed by atoms with Crippen molar-refractivity contribution in [3.8, 4) is 0 Å². The topological polar surface area (TPSA) is 184 Å². The Hall–Kier alpha value is -4.10. The van der Waals surface area contributed by atoms with Gasteiger partial charge in [-0.15, -0.1) is 0 Å². The molecule has 12 nitrogen and oxygen atoms in total. The van der Waals surface area contributed by atoms with Crippen molar-refractivity contribution in [2.24, 2.45) is 0 Å². The number of rotatable bonds is 11. The van der Waals surface area contributed by atoms with Gasteiger partial charge in [0, 0.05) is 24.3 Å². The highest BCUT2D eigenvalue weighted by Crippen LogP contribution is 2.19. The quantitative estimate of drug-likeness (QED) is 0.250. The Morgan fingerprint density at radius 1 is 0.853 bits per heavy atom. The fraction of sp³-hybridized carbons (Fsp3) is 0.190. The predicted octanol–water partition coefficient (Wildman–Crippen LogP) is 2.24. The van der Waals surface area contributed by atoms with Crippen molar-refractivity contribution in [3.05, 3.63) is 65.5 Å². The molecule has 1 heterocycles.